The van der Waals surface area contributed by atoms with Gasteiger partial charge in [-0.1, -0.05) is 30.3 Å². The minimum Gasteiger partial charge on any atom is -0.396 e. The Bertz CT molecular complexity index is 954. The number of benzene rings is 1. The number of hydrogen-bond acceptors (Lipinski definition) is 5. The van der Waals surface area contributed by atoms with Crippen molar-refractivity contribution in [1.82, 2.24) is 14.9 Å². The first kappa shape index (κ1) is 19.5. The maximum atomic E-state index is 12.8. The van der Waals surface area contributed by atoms with Gasteiger partial charge in [0.05, 0.1) is 18.5 Å². The molecule has 0 spiro atoms. The number of aromatic nitrogens is 2. The first-order valence-corrected chi connectivity index (χ1v) is 9.15. The maximum Gasteiger partial charge on any atom is 0.401 e. The van der Waals surface area contributed by atoms with Crippen LogP contribution in [0.25, 0.3) is 20.7 Å². The van der Waals surface area contributed by atoms with E-state index in [2.05, 4.69) is 9.97 Å². The molecular weight excluding hydrogens is 379 g/mol. The summed E-state index contributed by atoms with van der Waals surface area (Å²) in [4.78, 5) is 21.8. The van der Waals surface area contributed by atoms with Crippen molar-refractivity contribution in [3.8, 4) is 10.4 Å². The molecule has 0 radical (unpaired) electrons. The highest BCUT2D eigenvalue weighted by Crippen LogP contribution is 2.30. The van der Waals surface area contributed by atoms with Crippen molar-refractivity contribution in [3.05, 3.63) is 52.6 Å². The molecule has 144 valence electrons. The third-order valence-electron chi connectivity index (χ3n) is 3.92. The molecule has 0 unspecified atom stereocenters. The van der Waals surface area contributed by atoms with E-state index in [9.17, 15) is 18.0 Å². The van der Waals surface area contributed by atoms with Gasteiger partial charge in [0.25, 0.3) is 5.56 Å². The zero-order valence-electron chi connectivity index (χ0n) is 14.3. The second kappa shape index (κ2) is 8.20. The first-order chi connectivity index (χ1) is 12.9. The molecule has 1 aromatic carbocycles. The molecule has 27 heavy (non-hydrogen) atoms. The fourth-order valence-corrected chi connectivity index (χ4v) is 3.83. The summed E-state index contributed by atoms with van der Waals surface area (Å²) in [5.41, 5.74) is 0.575. The number of hydrogen-bond donors (Lipinski definition) is 2. The number of H-pyrrole nitrogens is 1. The molecule has 2 heterocycles. The number of nitrogens with zero attached hydrogens (tertiary/aromatic N) is 2. The van der Waals surface area contributed by atoms with Crippen molar-refractivity contribution < 1.29 is 18.3 Å². The Balaban J connectivity index is 1.89. The topological polar surface area (TPSA) is 69.2 Å². The zero-order chi connectivity index (χ0) is 19.4. The predicted octanol–water partition coefficient (Wildman–Crippen LogP) is 3.40. The van der Waals surface area contributed by atoms with Crippen LogP contribution in [0.3, 0.4) is 0 Å². The number of rotatable bonds is 7. The van der Waals surface area contributed by atoms with Crippen molar-refractivity contribution in [2.24, 2.45) is 0 Å². The van der Waals surface area contributed by atoms with Crippen molar-refractivity contribution in [3.63, 3.8) is 0 Å². The van der Waals surface area contributed by atoms with Gasteiger partial charge in [-0.05, 0) is 18.1 Å². The summed E-state index contributed by atoms with van der Waals surface area (Å²) in [6.45, 7) is -1.43. The highest BCUT2D eigenvalue weighted by atomic mass is 32.1. The van der Waals surface area contributed by atoms with Crippen LogP contribution in [0.4, 0.5) is 13.2 Å². The molecule has 2 N–H and O–H groups in total. The summed E-state index contributed by atoms with van der Waals surface area (Å²) >= 11 is 1.32. The highest BCUT2D eigenvalue weighted by molar-refractivity contribution is 7.21. The van der Waals surface area contributed by atoms with Gasteiger partial charge in [0, 0.05) is 18.0 Å². The van der Waals surface area contributed by atoms with Crippen LogP contribution in [-0.2, 0) is 6.54 Å². The Morgan fingerprint density at radius 1 is 1.22 bits per heavy atom. The second-order valence-corrected chi connectivity index (χ2v) is 7.14. The van der Waals surface area contributed by atoms with Crippen LogP contribution < -0.4 is 5.56 Å². The Hall–Kier alpha value is -2.23. The molecular formula is C18H18F3N3O2S. The Morgan fingerprint density at radius 2 is 1.96 bits per heavy atom. The van der Waals surface area contributed by atoms with Gasteiger partial charge in [-0.25, -0.2) is 4.98 Å². The van der Waals surface area contributed by atoms with Crippen LogP contribution in [-0.4, -0.2) is 45.8 Å². The van der Waals surface area contributed by atoms with E-state index >= 15 is 0 Å². The van der Waals surface area contributed by atoms with Crippen LogP contribution in [0.5, 0.6) is 0 Å². The van der Waals surface area contributed by atoms with E-state index in [1.807, 2.05) is 30.3 Å². The minimum absolute atomic E-state index is 0.0530. The SMILES string of the molecule is O=c1[nH]c(CN(CCCO)CC(F)(F)F)nc2sc(-c3ccccc3)cc12. The van der Waals surface area contributed by atoms with Gasteiger partial charge in [0.1, 0.15) is 10.7 Å². The highest BCUT2D eigenvalue weighted by Gasteiger charge is 2.30. The first-order valence-electron chi connectivity index (χ1n) is 8.34. The third kappa shape index (κ3) is 5.15. The molecule has 3 rings (SSSR count). The van der Waals surface area contributed by atoms with E-state index in [-0.39, 0.29) is 37.5 Å². The van der Waals surface area contributed by atoms with Crippen LogP contribution in [0.1, 0.15) is 12.2 Å². The summed E-state index contributed by atoms with van der Waals surface area (Å²) in [5, 5.41) is 9.31. The van der Waals surface area contributed by atoms with E-state index < -0.39 is 12.7 Å². The number of thiophene rings is 1. The van der Waals surface area contributed by atoms with Gasteiger partial charge in [0.15, 0.2) is 0 Å². The lowest BCUT2D eigenvalue weighted by atomic mass is 10.2. The molecule has 5 nitrogen and oxygen atoms in total. The maximum absolute atomic E-state index is 12.8. The summed E-state index contributed by atoms with van der Waals surface area (Å²) in [5.74, 6) is 0.177. The number of aliphatic hydroxyl groups is 1. The molecule has 0 aliphatic heterocycles. The minimum atomic E-state index is -4.37. The standard InChI is InChI=1S/C18H18F3N3O2S/c19-18(20,21)11-24(7-4-8-25)10-15-22-16(26)13-9-14(27-17(13)23-15)12-5-2-1-3-6-12/h1-3,5-6,9,25H,4,7-8,10-11H2,(H,22,23,26). The molecule has 0 saturated carbocycles. The number of fused-ring (bicyclic) bond motifs is 1. The second-order valence-electron chi connectivity index (χ2n) is 6.11. The zero-order valence-corrected chi connectivity index (χ0v) is 15.1. The summed E-state index contributed by atoms with van der Waals surface area (Å²) in [7, 11) is 0. The van der Waals surface area contributed by atoms with Gasteiger partial charge in [0.2, 0.25) is 0 Å². The molecule has 0 saturated heterocycles. The average Bonchev–Trinajstić information content (AvgIpc) is 3.04. The lowest BCUT2D eigenvalue weighted by Gasteiger charge is -2.22. The molecule has 2 aromatic heterocycles. The molecule has 3 aromatic rings. The predicted molar refractivity (Wildman–Crippen MR) is 98.7 cm³/mol. The van der Waals surface area contributed by atoms with E-state index in [0.717, 1.165) is 15.3 Å². The van der Waals surface area contributed by atoms with E-state index in [0.29, 0.717) is 10.2 Å². The quantitative estimate of drug-likeness (QED) is 0.641. The number of halogens is 3. The van der Waals surface area contributed by atoms with Crippen LogP contribution in [0.2, 0.25) is 0 Å². The lowest BCUT2D eigenvalue weighted by Crippen LogP contribution is -2.35. The lowest BCUT2D eigenvalue weighted by molar-refractivity contribution is -0.147. The van der Waals surface area contributed by atoms with Crippen LogP contribution >= 0.6 is 11.3 Å². The number of alkyl halides is 3. The number of aromatic amines is 1. The van der Waals surface area contributed by atoms with Gasteiger partial charge >= 0.3 is 6.18 Å². The normalized spacial score (nSPS) is 12.2. The van der Waals surface area contributed by atoms with Crippen LogP contribution in [0, 0.1) is 0 Å². The Morgan fingerprint density at radius 3 is 2.63 bits per heavy atom. The largest absolute Gasteiger partial charge is 0.401 e. The fourth-order valence-electron chi connectivity index (χ4n) is 2.77. The van der Waals surface area contributed by atoms with E-state index in [1.54, 1.807) is 6.07 Å². The fraction of sp³-hybridized carbons (Fsp3) is 0.333. The number of aliphatic hydroxyl groups excluding tert-OH is 1. The average molecular weight is 397 g/mol. The molecule has 0 aliphatic carbocycles. The van der Waals surface area contributed by atoms with Crippen molar-refractivity contribution in [1.29, 1.82) is 0 Å². The molecule has 0 amide bonds. The van der Waals surface area contributed by atoms with Gasteiger partial charge in [-0.15, -0.1) is 11.3 Å². The van der Waals surface area contributed by atoms with Crippen LogP contribution in [0.15, 0.2) is 41.2 Å². The van der Waals surface area contributed by atoms with Gasteiger partial charge < -0.3 is 10.1 Å². The van der Waals surface area contributed by atoms with Gasteiger partial charge in [-0.2, -0.15) is 13.2 Å². The van der Waals surface area contributed by atoms with E-state index in [4.69, 9.17) is 5.11 Å². The van der Waals surface area contributed by atoms with Gasteiger partial charge in [-0.3, -0.25) is 9.69 Å². The molecule has 9 heteroatoms. The summed E-state index contributed by atoms with van der Waals surface area (Å²) in [6.07, 6.45) is -4.16. The smallest absolute Gasteiger partial charge is 0.396 e. The molecule has 0 atom stereocenters. The molecule has 0 bridgehead atoms. The summed E-state index contributed by atoms with van der Waals surface area (Å²) in [6, 6.07) is 11.2. The monoisotopic (exact) mass is 397 g/mol. The Kier molecular flexibility index (Phi) is 5.93. The summed E-state index contributed by atoms with van der Waals surface area (Å²) < 4.78 is 38.3. The Labute approximate surface area is 157 Å². The van der Waals surface area contributed by atoms with Crippen molar-refractivity contribution >= 4 is 21.6 Å². The molecule has 0 aliphatic rings. The third-order valence-corrected chi connectivity index (χ3v) is 5.00. The molecule has 0 fully saturated rings. The van der Waals surface area contributed by atoms with Crippen molar-refractivity contribution in [2.75, 3.05) is 19.7 Å². The van der Waals surface area contributed by atoms with E-state index in [1.165, 1.54) is 11.3 Å². The van der Waals surface area contributed by atoms with Crippen molar-refractivity contribution in [2.45, 2.75) is 19.1 Å². The number of nitrogens with one attached hydrogen (secondary N) is 1.